The van der Waals surface area contributed by atoms with Crippen LogP contribution >= 0.6 is 35.0 Å². The summed E-state index contributed by atoms with van der Waals surface area (Å²) < 4.78 is 7.83. The molecule has 1 aromatic heterocycles. The number of carbonyl (C=O) groups is 1. The van der Waals surface area contributed by atoms with Gasteiger partial charge in [0.1, 0.15) is 5.75 Å². The first-order chi connectivity index (χ1) is 14.9. The van der Waals surface area contributed by atoms with Crippen LogP contribution < -0.4 is 10.1 Å². The number of nitrogens with zero attached hydrogens (tertiary/aromatic N) is 3. The SMILES string of the molecule is C=CCn1c(SCC(=O)Nc2cccc(C)c2)nnc1C(C)Oc1ccc(Cl)cc1Cl. The molecule has 1 unspecified atom stereocenters. The minimum Gasteiger partial charge on any atom is -0.481 e. The van der Waals surface area contributed by atoms with Crippen molar-refractivity contribution < 1.29 is 9.53 Å². The van der Waals surface area contributed by atoms with Gasteiger partial charge < -0.3 is 10.1 Å². The maximum atomic E-state index is 12.4. The van der Waals surface area contributed by atoms with E-state index in [2.05, 4.69) is 22.1 Å². The summed E-state index contributed by atoms with van der Waals surface area (Å²) in [5.41, 5.74) is 1.84. The van der Waals surface area contributed by atoms with Crippen molar-refractivity contribution in [1.29, 1.82) is 0 Å². The van der Waals surface area contributed by atoms with Crippen LogP contribution in [0.2, 0.25) is 10.0 Å². The first kappa shape index (κ1) is 23.2. The fourth-order valence-corrected chi connectivity index (χ4v) is 4.08. The summed E-state index contributed by atoms with van der Waals surface area (Å²) in [6.45, 7) is 8.11. The van der Waals surface area contributed by atoms with Gasteiger partial charge >= 0.3 is 0 Å². The molecule has 3 rings (SSSR count). The van der Waals surface area contributed by atoms with Gasteiger partial charge in [-0.2, -0.15) is 0 Å². The number of thioether (sulfide) groups is 1. The number of benzene rings is 2. The molecule has 3 aromatic rings. The molecular weight excluding hydrogens is 455 g/mol. The lowest BCUT2D eigenvalue weighted by atomic mass is 10.2. The van der Waals surface area contributed by atoms with Crippen molar-refractivity contribution in [3.05, 3.63) is 76.6 Å². The Hall–Kier alpha value is -2.48. The first-order valence-corrected chi connectivity index (χ1v) is 11.3. The van der Waals surface area contributed by atoms with E-state index >= 15 is 0 Å². The molecule has 0 radical (unpaired) electrons. The summed E-state index contributed by atoms with van der Waals surface area (Å²) >= 11 is 13.5. The molecule has 0 aliphatic rings. The second-order valence-corrected chi connectivity index (χ2v) is 8.57. The molecule has 0 bridgehead atoms. The van der Waals surface area contributed by atoms with Crippen LogP contribution in [-0.2, 0) is 11.3 Å². The number of nitrogens with one attached hydrogen (secondary N) is 1. The summed E-state index contributed by atoms with van der Waals surface area (Å²) in [4.78, 5) is 12.4. The van der Waals surface area contributed by atoms with Crippen LogP contribution in [-0.4, -0.2) is 26.4 Å². The van der Waals surface area contributed by atoms with Crippen molar-refractivity contribution in [1.82, 2.24) is 14.8 Å². The maximum absolute atomic E-state index is 12.4. The fourth-order valence-electron chi connectivity index (χ4n) is 2.87. The number of hydrogen-bond acceptors (Lipinski definition) is 5. The van der Waals surface area contributed by atoms with Gasteiger partial charge in [-0.05, 0) is 49.7 Å². The lowest BCUT2D eigenvalue weighted by molar-refractivity contribution is -0.113. The van der Waals surface area contributed by atoms with E-state index in [-0.39, 0.29) is 11.7 Å². The molecule has 1 heterocycles. The van der Waals surface area contributed by atoms with Gasteiger partial charge in [0, 0.05) is 17.3 Å². The molecule has 0 saturated heterocycles. The van der Waals surface area contributed by atoms with Gasteiger partial charge in [-0.25, -0.2) is 0 Å². The van der Waals surface area contributed by atoms with Gasteiger partial charge in [0.25, 0.3) is 0 Å². The van der Waals surface area contributed by atoms with Gasteiger partial charge in [-0.15, -0.1) is 16.8 Å². The third-order valence-electron chi connectivity index (χ3n) is 4.25. The van der Waals surface area contributed by atoms with E-state index in [0.717, 1.165) is 11.3 Å². The van der Waals surface area contributed by atoms with Crippen LogP contribution in [0.3, 0.4) is 0 Å². The Kier molecular flexibility index (Phi) is 8.01. The van der Waals surface area contributed by atoms with E-state index in [9.17, 15) is 4.79 Å². The molecule has 31 heavy (non-hydrogen) atoms. The zero-order valence-electron chi connectivity index (χ0n) is 17.1. The Morgan fingerprint density at radius 2 is 2.10 bits per heavy atom. The first-order valence-electron chi connectivity index (χ1n) is 9.52. The monoisotopic (exact) mass is 476 g/mol. The second kappa shape index (κ2) is 10.7. The quantitative estimate of drug-likeness (QED) is 0.305. The number of aromatic nitrogens is 3. The molecule has 0 fully saturated rings. The summed E-state index contributed by atoms with van der Waals surface area (Å²) in [7, 11) is 0. The minimum atomic E-state index is -0.429. The number of ether oxygens (including phenoxy) is 1. The van der Waals surface area contributed by atoms with Gasteiger partial charge in [0.15, 0.2) is 17.1 Å². The Labute approximate surface area is 195 Å². The van der Waals surface area contributed by atoms with Crippen molar-refractivity contribution in [2.24, 2.45) is 0 Å². The molecule has 0 aliphatic heterocycles. The fraction of sp³-hybridized carbons (Fsp3) is 0.227. The van der Waals surface area contributed by atoms with Crippen LogP contribution in [0.15, 0.2) is 60.3 Å². The van der Waals surface area contributed by atoms with Crippen LogP contribution in [0.4, 0.5) is 5.69 Å². The molecule has 1 atom stereocenters. The summed E-state index contributed by atoms with van der Waals surface area (Å²) in [6, 6.07) is 12.7. The summed E-state index contributed by atoms with van der Waals surface area (Å²) in [5, 5.41) is 12.9. The zero-order valence-corrected chi connectivity index (χ0v) is 19.5. The van der Waals surface area contributed by atoms with E-state index in [1.54, 1.807) is 24.3 Å². The molecular formula is C22H22Cl2N4O2S. The molecule has 6 nitrogen and oxygen atoms in total. The lowest BCUT2D eigenvalue weighted by Gasteiger charge is -2.16. The Morgan fingerprint density at radius 3 is 2.81 bits per heavy atom. The Bertz CT molecular complexity index is 1090. The van der Waals surface area contributed by atoms with Gasteiger partial charge in [0.05, 0.1) is 10.8 Å². The third-order valence-corrected chi connectivity index (χ3v) is 5.75. The van der Waals surface area contributed by atoms with Crippen LogP contribution in [0.1, 0.15) is 24.4 Å². The molecule has 0 aliphatic carbocycles. The third kappa shape index (κ3) is 6.26. The highest BCUT2D eigenvalue weighted by molar-refractivity contribution is 7.99. The van der Waals surface area contributed by atoms with Gasteiger partial charge in [-0.3, -0.25) is 9.36 Å². The van der Waals surface area contributed by atoms with Crippen LogP contribution in [0.25, 0.3) is 0 Å². The number of allylic oxidation sites excluding steroid dienone is 1. The lowest BCUT2D eigenvalue weighted by Crippen LogP contribution is -2.15. The smallest absolute Gasteiger partial charge is 0.234 e. The molecule has 0 spiro atoms. The predicted molar refractivity (Wildman–Crippen MR) is 126 cm³/mol. The molecule has 162 valence electrons. The Morgan fingerprint density at radius 1 is 1.29 bits per heavy atom. The number of anilines is 1. The molecule has 1 N–H and O–H groups in total. The van der Waals surface area contributed by atoms with E-state index in [1.165, 1.54) is 11.8 Å². The van der Waals surface area contributed by atoms with Crippen molar-refractivity contribution in [2.45, 2.75) is 31.7 Å². The number of carbonyl (C=O) groups excluding carboxylic acids is 1. The highest BCUT2D eigenvalue weighted by atomic mass is 35.5. The highest BCUT2D eigenvalue weighted by Gasteiger charge is 2.20. The van der Waals surface area contributed by atoms with Crippen LogP contribution in [0, 0.1) is 6.92 Å². The van der Waals surface area contributed by atoms with Crippen molar-refractivity contribution in [3.8, 4) is 5.75 Å². The highest BCUT2D eigenvalue weighted by Crippen LogP contribution is 2.31. The van der Waals surface area contributed by atoms with E-state index in [0.29, 0.717) is 33.3 Å². The number of aryl methyl sites for hydroxylation is 1. The average molecular weight is 477 g/mol. The van der Waals surface area contributed by atoms with E-state index < -0.39 is 6.10 Å². The van der Waals surface area contributed by atoms with E-state index in [1.807, 2.05) is 42.7 Å². The average Bonchev–Trinajstić information content (AvgIpc) is 3.11. The summed E-state index contributed by atoms with van der Waals surface area (Å²) in [5.74, 6) is 1.18. The predicted octanol–water partition coefficient (Wildman–Crippen LogP) is 5.95. The topological polar surface area (TPSA) is 69.0 Å². The summed E-state index contributed by atoms with van der Waals surface area (Å²) in [6.07, 6.45) is 1.31. The molecule has 0 saturated carbocycles. The molecule has 2 aromatic carbocycles. The van der Waals surface area contributed by atoms with Crippen molar-refractivity contribution >= 4 is 46.6 Å². The maximum Gasteiger partial charge on any atom is 0.234 e. The standard InChI is InChI=1S/C22H22Cl2N4O2S/c1-4-10-28-21(15(3)30-19-9-8-16(23)12-18(19)24)26-27-22(28)31-13-20(29)25-17-7-5-6-14(2)11-17/h4-9,11-12,15H,1,10,13H2,2-3H3,(H,25,29). The largest absolute Gasteiger partial charge is 0.481 e. The Balaban J connectivity index is 1.69. The zero-order chi connectivity index (χ0) is 22.4. The van der Waals surface area contributed by atoms with Crippen LogP contribution in [0.5, 0.6) is 5.75 Å². The van der Waals surface area contributed by atoms with Gasteiger partial charge in [-0.1, -0.05) is 53.2 Å². The number of hydrogen-bond donors (Lipinski definition) is 1. The normalized spacial score (nSPS) is 11.7. The van der Waals surface area contributed by atoms with Gasteiger partial charge in [0.2, 0.25) is 5.91 Å². The number of halogens is 2. The van der Waals surface area contributed by atoms with E-state index in [4.69, 9.17) is 27.9 Å². The molecule has 1 amide bonds. The second-order valence-electron chi connectivity index (χ2n) is 6.78. The minimum absolute atomic E-state index is 0.123. The molecule has 9 heteroatoms. The van der Waals surface area contributed by atoms with Crippen molar-refractivity contribution in [3.63, 3.8) is 0 Å². The number of rotatable bonds is 9. The van der Waals surface area contributed by atoms with Crippen molar-refractivity contribution in [2.75, 3.05) is 11.1 Å². The number of amides is 1.